The molecule has 1 aromatic heterocycles. The summed E-state index contributed by atoms with van der Waals surface area (Å²) in [5.74, 6) is -0.337. The molecule has 2 fully saturated rings. The van der Waals surface area contributed by atoms with Crippen LogP contribution in [0.5, 0.6) is 0 Å². The molecule has 2 aliphatic heterocycles. The Balaban J connectivity index is 1.36. The van der Waals surface area contributed by atoms with Crippen LogP contribution in [0.1, 0.15) is 41.4 Å². The molecular formula is C17H22N4O3. The van der Waals surface area contributed by atoms with Gasteiger partial charge in [0.05, 0.1) is 11.3 Å². The fourth-order valence-electron chi connectivity index (χ4n) is 4.38. The zero-order valence-electron chi connectivity index (χ0n) is 13.8. The van der Waals surface area contributed by atoms with Gasteiger partial charge in [-0.1, -0.05) is 0 Å². The monoisotopic (exact) mass is 330 g/mol. The maximum Gasteiger partial charge on any atom is 0.276 e. The highest BCUT2D eigenvalue weighted by molar-refractivity contribution is 5.93. The van der Waals surface area contributed by atoms with Crippen LogP contribution < -0.4 is 5.48 Å². The number of likely N-dealkylation sites (tertiary alicyclic amines) is 1. The summed E-state index contributed by atoms with van der Waals surface area (Å²) >= 11 is 0. The van der Waals surface area contributed by atoms with Crippen LogP contribution in [0.25, 0.3) is 0 Å². The summed E-state index contributed by atoms with van der Waals surface area (Å²) in [7, 11) is 0. The summed E-state index contributed by atoms with van der Waals surface area (Å²) < 4.78 is 0. The van der Waals surface area contributed by atoms with Crippen LogP contribution in [0, 0.1) is 5.41 Å². The number of hydrogen-bond acceptors (Lipinski definition) is 5. The molecule has 2 N–H and O–H groups in total. The van der Waals surface area contributed by atoms with Crippen LogP contribution in [0.15, 0.2) is 12.3 Å². The molecule has 1 saturated heterocycles. The molecular weight excluding hydrogens is 308 g/mol. The van der Waals surface area contributed by atoms with Crippen molar-refractivity contribution in [1.82, 2.24) is 20.3 Å². The van der Waals surface area contributed by atoms with Gasteiger partial charge < -0.3 is 4.90 Å². The number of rotatable bonds is 2. The first kappa shape index (κ1) is 15.5. The molecule has 1 spiro atoms. The fraction of sp³-hybridized carbons (Fsp3) is 0.588. The van der Waals surface area contributed by atoms with E-state index in [1.54, 1.807) is 12.4 Å². The van der Waals surface area contributed by atoms with Gasteiger partial charge in [0.15, 0.2) is 0 Å². The molecule has 24 heavy (non-hydrogen) atoms. The molecule has 7 nitrogen and oxygen atoms in total. The van der Waals surface area contributed by atoms with Crippen LogP contribution in [-0.2, 0) is 17.8 Å². The predicted octanol–water partition coefficient (Wildman–Crippen LogP) is 0.570. The minimum absolute atomic E-state index is 0.183. The Kier molecular flexibility index (Phi) is 3.58. The van der Waals surface area contributed by atoms with E-state index < -0.39 is 5.91 Å². The Labute approximate surface area is 140 Å². The highest BCUT2D eigenvalue weighted by Crippen LogP contribution is 2.50. The van der Waals surface area contributed by atoms with Crippen LogP contribution >= 0.6 is 0 Å². The van der Waals surface area contributed by atoms with E-state index in [0.717, 1.165) is 56.7 Å². The molecule has 3 heterocycles. The largest absolute Gasteiger partial charge is 0.342 e. The Morgan fingerprint density at radius 2 is 2.12 bits per heavy atom. The standard InChI is InChI=1S/C17H22N4O3/c1-11(22)21-9-17(10-21)5-14(6-17)20-3-2-12-4-13(16(23)19-24)7-18-15(12)8-20/h4,7,14,24H,2-3,5-6,8-10H2,1H3,(H,19,23). The Morgan fingerprint density at radius 1 is 1.38 bits per heavy atom. The lowest BCUT2D eigenvalue weighted by Gasteiger charge is -2.61. The van der Waals surface area contributed by atoms with E-state index in [4.69, 9.17) is 5.21 Å². The lowest BCUT2D eigenvalue weighted by atomic mass is 9.60. The summed E-state index contributed by atoms with van der Waals surface area (Å²) in [5, 5.41) is 8.72. The van der Waals surface area contributed by atoms with Gasteiger partial charge in [0.2, 0.25) is 5.91 Å². The first-order valence-corrected chi connectivity index (χ1v) is 8.41. The fourth-order valence-corrected chi connectivity index (χ4v) is 4.38. The second-order valence-electron chi connectivity index (χ2n) is 7.43. The normalized spacial score (nSPS) is 22.5. The van der Waals surface area contributed by atoms with E-state index in [-0.39, 0.29) is 5.91 Å². The molecule has 1 saturated carbocycles. The third-order valence-corrected chi connectivity index (χ3v) is 5.80. The highest BCUT2D eigenvalue weighted by atomic mass is 16.5. The topological polar surface area (TPSA) is 85.8 Å². The number of hydrogen-bond donors (Lipinski definition) is 2. The zero-order chi connectivity index (χ0) is 16.9. The van der Waals surface area contributed by atoms with Crippen molar-refractivity contribution in [2.24, 2.45) is 5.41 Å². The summed E-state index contributed by atoms with van der Waals surface area (Å²) in [4.78, 5) is 31.6. The van der Waals surface area contributed by atoms with Gasteiger partial charge in [0.25, 0.3) is 5.91 Å². The number of aromatic nitrogens is 1. The van der Waals surface area contributed by atoms with Crippen molar-refractivity contribution in [3.63, 3.8) is 0 Å². The molecule has 0 atom stereocenters. The number of hydroxylamine groups is 1. The molecule has 0 aromatic carbocycles. The van der Waals surface area contributed by atoms with Crippen molar-refractivity contribution in [1.29, 1.82) is 0 Å². The SMILES string of the molecule is CC(=O)N1CC2(CC(N3CCc4cc(C(=O)NO)cnc4C3)C2)C1. The third kappa shape index (κ3) is 2.48. The number of amides is 2. The second kappa shape index (κ2) is 5.53. The summed E-state index contributed by atoms with van der Waals surface area (Å²) in [5.41, 5.74) is 4.53. The average molecular weight is 330 g/mol. The molecule has 7 heteroatoms. The van der Waals surface area contributed by atoms with E-state index in [1.165, 1.54) is 6.20 Å². The summed E-state index contributed by atoms with van der Waals surface area (Å²) in [6.45, 7) is 5.26. The Morgan fingerprint density at radius 3 is 2.79 bits per heavy atom. The molecule has 0 radical (unpaired) electrons. The Hall–Kier alpha value is -1.99. The minimum Gasteiger partial charge on any atom is -0.342 e. The number of nitrogens with one attached hydrogen (secondary N) is 1. The van der Waals surface area contributed by atoms with Gasteiger partial charge in [-0.25, -0.2) is 5.48 Å². The second-order valence-corrected chi connectivity index (χ2v) is 7.43. The average Bonchev–Trinajstić information content (AvgIpc) is 2.50. The zero-order valence-corrected chi connectivity index (χ0v) is 13.8. The number of nitrogens with zero attached hydrogens (tertiary/aromatic N) is 3. The van der Waals surface area contributed by atoms with Crippen molar-refractivity contribution in [3.8, 4) is 0 Å². The Bertz CT molecular complexity index is 691. The number of carbonyl (C=O) groups excluding carboxylic acids is 2. The third-order valence-electron chi connectivity index (χ3n) is 5.80. The maximum absolute atomic E-state index is 11.5. The molecule has 0 unspecified atom stereocenters. The van der Waals surface area contributed by atoms with Gasteiger partial charge in [-0.05, 0) is 30.9 Å². The van der Waals surface area contributed by atoms with E-state index in [2.05, 4.69) is 9.88 Å². The van der Waals surface area contributed by atoms with Crippen LogP contribution in [0.2, 0.25) is 0 Å². The van der Waals surface area contributed by atoms with Crippen LogP contribution in [-0.4, -0.2) is 57.5 Å². The van der Waals surface area contributed by atoms with Gasteiger partial charge in [0, 0.05) is 50.8 Å². The van der Waals surface area contributed by atoms with E-state index >= 15 is 0 Å². The van der Waals surface area contributed by atoms with Crippen LogP contribution in [0.3, 0.4) is 0 Å². The first-order valence-electron chi connectivity index (χ1n) is 8.41. The number of fused-ring (bicyclic) bond motifs is 1. The molecule has 3 aliphatic rings. The predicted molar refractivity (Wildman–Crippen MR) is 85.3 cm³/mol. The van der Waals surface area contributed by atoms with Crippen molar-refractivity contribution in [2.45, 2.75) is 38.8 Å². The molecule has 2 amide bonds. The lowest BCUT2D eigenvalue weighted by Crippen LogP contribution is -2.67. The highest BCUT2D eigenvalue weighted by Gasteiger charge is 2.54. The minimum atomic E-state index is -0.520. The molecule has 0 bridgehead atoms. The van der Waals surface area contributed by atoms with Gasteiger partial charge in [-0.2, -0.15) is 0 Å². The van der Waals surface area contributed by atoms with Crippen molar-refractivity contribution in [2.75, 3.05) is 19.6 Å². The van der Waals surface area contributed by atoms with Gasteiger partial charge in [-0.3, -0.25) is 24.7 Å². The summed E-state index contributed by atoms with van der Waals surface area (Å²) in [6, 6.07) is 2.40. The van der Waals surface area contributed by atoms with Gasteiger partial charge in [0.1, 0.15) is 0 Å². The molecule has 128 valence electrons. The molecule has 4 rings (SSSR count). The number of pyridine rings is 1. The van der Waals surface area contributed by atoms with E-state index in [1.807, 2.05) is 11.0 Å². The van der Waals surface area contributed by atoms with Gasteiger partial charge >= 0.3 is 0 Å². The summed E-state index contributed by atoms with van der Waals surface area (Å²) in [6.07, 6.45) is 4.72. The smallest absolute Gasteiger partial charge is 0.276 e. The molecule has 1 aromatic rings. The van der Waals surface area contributed by atoms with Gasteiger partial charge in [-0.15, -0.1) is 0 Å². The van der Waals surface area contributed by atoms with Crippen molar-refractivity contribution >= 4 is 11.8 Å². The first-order chi connectivity index (χ1) is 11.5. The molecule has 1 aliphatic carbocycles. The van der Waals surface area contributed by atoms with E-state index in [9.17, 15) is 9.59 Å². The number of carbonyl (C=O) groups is 2. The van der Waals surface area contributed by atoms with Crippen LogP contribution in [0.4, 0.5) is 0 Å². The maximum atomic E-state index is 11.5. The van der Waals surface area contributed by atoms with E-state index in [0.29, 0.717) is 17.0 Å². The van der Waals surface area contributed by atoms with Crippen molar-refractivity contribution in [3.05, 3.63) is 29.1 Å². The quantitative estimate of drug-likeness (QED) is 0.612. The van der Waals surface area contributed by atoms with Crippen molar-refractivity contribution < 1.29 is 14.8 Å². The lowest BCUT2D eigenvalue weighted by molar-refractivity contribution is -0.155.